The molecule has 140 valence electrons. The Hall–Kier alpha value is -1.73. The molecule has 0 spiro atoms. The summed E-state index contributed by atoms with van der Waals surface area (Å²) in [5, 5.41) is 5.28. The number of nitrogens with zero attached hydrogens (tertiary/aromatic N) is 1. The van der Waals surface area contributed by atoms with E-state index in [0.717, 1.165) is 58.5 Å². The van der Waals surface area contributed by atoms with Crippen molar-refractivity contribution in [2.45, 2.75) is 45.4 Å². The molecule has 1 fully saturated rings. The van der Waals surface area contributed by atoms with Gasteiger partial charge in [0.15, 0.2) is 0 Å². The molecule has 7 heteroatoms. The molecule has 2 heterocycles. The van der Waals surface area contributed by atoms with E-state index in [2.05, 4.69) is 22.5 Å². The highest BCUT2D eigenvalue weighted by Gasteiger charge is 2.36. The van der Waals surface area contributed by atoms with Crippen LogP contribution in [0.1, 0.15) is 45.4 Å². The fourth-order valence-electron chi connectivity index (χ4n) is 2.70. The van der Waals surface area contributed by atoms with E-state index in [1.807, 2.05) is 0 Å². The Bertz CT molecular complexity index is 507. The molecular weight excluding hydrogens is 322 g/mol. The molecule has 2 rings (SSSR count). The van der Waals surface area contributed by atoms with Gasteiger partial charge in [0.2, 0.25) is 5.91 Å². The van der Waals surface area contributed by atoms with Crippen LogP contribution in [0.4, 0.5) is 4.79 Å². The molecular formula is C18H29N3O4. The lowest BCUT2D eigenvalue weighted by atomic mass is 9.84. The molecule has 25 heavy (non-hydrogen) atoms. The topological polar surface area (TPSA) is 89.0 Å². The molecule has 2 aliphatic heterocycles. The molecule has 0 atom stereocenters. The highest BCUT2D eigenvalue weighted by atomic mass is 16.5. The van der Waals surface area contributed by atoms with Crippen LogP contribution in [0.15, 0.2) is 17.1 Å². The van der Waals surface area contributed by atoms with Gasteiger partial charge in [-0.05, 0) is 25.3 Å². The maximum Gasteiger partial charge on any atom is 0.342 e. The fraction of sp³-hybridized carbons (Fsp3) is 0.722. The number of carbonyl (C=O) groups is 2. The summed E-state index contributed by atoms with van der Waals surface area (Å²) in [5.41, 5.74) is 0.263. The molecule has 0 aromatic rings. The lowest BCUT2D eigenvalue weighted by Gasteiger charge is -2.40. The van der Waals surface area contributed by atoms with Gasteiger partial charge in [-0.3, -0.25) is 4.79 Å². The Balaban J connectivity index is 1.43. The average Bonchev–Trinajstić information content (AvgIpc) is 2.55. The van der Waals surface area contributed by atoms with E-state index in [0.29, 0.717) is 18.8 Å². The molecule has 0 aliphatic carbocycles. The van der Waals surface area contributed by atoms with Crippen molar-refractivity contribution in [2.24, 2.45) is 10.4 Å². The third-order valence-corrected chi connectivity index (χ3v) is 4.55. The molecule has 0 radical (unpaired) electrons. The van der Waals surface area contributed by atoms with Gasteiger partial charge < -0.3 is 20.1 Å². The number of amidine groups is 1. The van der Waals surface area contributed by atoms with Crippen LogP contribution in [-0.4, -0.2) is 50.7 Å². The molecule has 2 N–H and O–H groups in total. The average molecular weight is 351 g/mol. The van der Waals surface area contributed by atoms with Gasteiger partial charge in [0.1, 0.15) is 5.84 Å². The second-order valence-electron chi connectivity index (χ2n) is 6.70. The zero-order chi connectivity index (χ0) is 18.0. The van der Waals surface area contributed by atoms with E-state index in [4.69, 9.17) is 9.47 Å². The summed E-state index contributed by atoms with van der Waals surface area (Å²) in [6, 6.07) is -0.401. The summed E-state index contributed by atoms with van der Waals surface area (Å²) >= 11 is 0. The van der Waals surface area contributed by atoms with Crippen molar-refractivity contribution in [2.75, 3.05) is 33.0 Å². The summed E-state index contributed by atoms with van der Waals surface area (Å²) in [4.78, 5) is 26.6. The first-order valence-electron chi connectivity index (χ1n) is 9.12. The summed E-state index contributed by atoms with van der Waals surface area (Å²) in [5.74, 6) is 0.151. The van der Waals surface area contributed by atoms with Crippen LogP contribution in [0.25, 0.3) is 0 Å². The van der Waals surface area contributed by atoms with E-state index >= 15 is 0 Å². The smallest absolute Gasteiger partial charge is 0.342 e. The van der Waals surface area contributed by atoms with Crippen LogP contribution in [0, 0.1) is 5.41 Å². The highest BCUT2D eigenvalue weighted by Crippen LogP contribution is 2.31. The molecule has 0 saturated carbocycles. The number of unbranched alkanes of at least 4 members (excludes halogenated alkanes) is 3. The molecule has 7 nitrogen and oxygen atoms in total. The normalized spacial score (nSPS) is 20.2. The number of carbonyl (C=O) groups excluding carboxylic acids is 2. The second kappa shape index (κ2) is 10.3. The van der Waals surface area contributed by atoms with Crippen molar-refractivity contribution in [3.8, 4) is 0 Å². The maximum atomic E-state index is 11.6. The predicted octanol–water partition coefficient (Wildman–Crippen LogP) is 2.17. The largest absolute Gasteiger partial charge is 0.381 e. The van der Waals surface area contributed by atoms with E-state index < -0.39 is 6.03 Å². The van der Waals surface area contributed by atoms with Gasteiger partial charge in [-0.15, -0.1) is 0 Å². The number of nitrogens with one attached hydrogen (secondary N) is 2. The van der Waals surface area contributed by atoms with E-state index in [1.165, 1.54) is 6.08 Å². The number of rotatable bonds is 10. The van der Waals surface area contributed by atoms with E-state index in [1.54, 1.807) is 6.08 Å². The summed E-state index contributed by atoms with van der Waals surface area (Å²) in [6.07, 6.45) is 8.78. The number of hydrogen-bond acceptors (Lipinski definition) is 4. The molecule has 1 saturated heterocycles. The van der Waals surface area contributed by atoms with E-state index in [9.17, 15) is 9.59 Å². The SMILES string of the molecule is CCC1(COCCCCCCNC(=O)N=C2CC=CC(=O)N2)COC1. The van der Waals surface area contributed by atoms with Gasteiger partial charge >= 0.3 is 6.03 Å². The molecule has 3 amide bonds. The first-order chi connectivity index (χ1) is 12.1. The number of aliphatic imine (C=N–C) groups is 1. The number of urea groups is 1. The van der Waals surface area contributed by atoms with Gasteiger partial charge in [0.05, 0.1) is 19.8 Å². The lowest BCUT2D eigenvalue weighted by Crippen LogP contribution is -2.45. The Morgan fingerprint density at radius 2 is 2.16 bits per heavy atom. The quantitative estimate of drug-likeness (QED) is 0.590. The summed E-state index contributed by atoms with van der Waals surface area (Å²) in [7, 11) is 0. The minimum absolute atomic E-state index is 0.241. The number of amides is 3. The Labute approximate surface area is 149 Å². The lowest BCUT2D eigenvalue weighted by molar-refractivity contribution is -0.150. The standard InChI is InChI=1S/C18H29N3O4/c1-2-18(13-25-14-18)12-24-11-6-4-3-5-10-19-17(23)21-15-8-7-9-16(22)20-15/h7,9H,2-6,8,10-14H2,1H3,(H2,19,20,21,22,23). The predicted molar refractivity (Wildman–Crippen MR) is 95.6 cm³/mol. The first-order valence-corrected chi connectivity index (χ1v) is 9.12. The van der Waals surface area contributed by atoms with Crippen LogP contribution in [0.5, 0.6) is 0 Å². The van der Waals surface area contributed by atoms with Crippen LogP contribution < -0.4 is 10.6 Å². The number of hydrogen-bond donors (Lipinski definition) is 2. The number of ether oxygens (including phenoxy) is 2. The Kier molecular flexibility index (Phi) is 8.08. The molecule has 0 bridgehead atoms. The third kappa shape index (κ3) is 6.96. The zero-order valence-corrected chi connectivity index (χ0v) is 15.0. The third-order valence-electron chi connectivity index (χ3n) is 4.55. The summed E-state index contributed by atoms with van der Waals surface area (Å²) < 4.78 is 11.0. The van der Waals surface area contributed by atoms with Crippen molar-refractivity contribution in [1.82, 2.24) is 10.6 Å². The van der Waals surface area contributed by atoms with Crippen molar-refractivity contribution in [1.29, 1.82) is 0 Å². The van der Waals surface area contributed by atoms with Gasteiger partial charge in [-0.25, -0.2) is 4.79 Å². The molecule has 2 aliphatic rings. The van der Waals surface area contributed by atoms with Crippen LogP contribution in [0.3, 0.4) is 0 Å². The van der Waals surface area contributed by atoms with Crippen LogP contribution in [0.2, 0.25) is 0 Å². The minimum atomic E-state index is -0.401. The van der Waals surface area contributed by atoms with Crippen molar-refractivity contribution >= 4 is 17.8 Å². The van der Waals surface area contributed by atoms with Crippen LogP contribution >= 0.6 is 0 Å². The minimum Gasteiger partial charge on any atom is -0.381 e. The zero-order valence-electron chi connectivity index (χ0n) is 15.0. The fourth-order valence-corrected chi connectivity index (χ4v) is 2.70. The van der Waals surface area contributed by atoms with Gasteiger partial charge in [-0.2, -0.15) is 4.99 Å². The maximum absolute atomic E-state index is 11.6. The molecule has 0 aromatic carbocycles. The van der Waals surface area contributed by atoms with Gasteiger partial charge in [0.25, 0.3) is 0 Å². The Morgan fingerprint density at radius 3 is 2.84 bits per heavy atom. The Morgan fingerprint density at radius 1 is 1.36 bits per heavy atom. The van der Waals surface area contributed by atoms with Crippen molar-refractivity contribution in [3.63, 3.8) is 0 Å². The molecule has 0 unspecified atom stereocenters. The summed E-state index contributed by atoms with van der Waals surface area (Å²) in [6.45, 7) is 6.02. The first kappa shape index (κ1) is 19.6. The van der Waals surface area contributed by atoms with Crippen LogP contribution in [-0.2, 0) is 14.3 Å². The van der Waals surface area contributed by atoms with Gasteiger partial charge in [-0.1, -0.05) is 25.8 Å². The second-order valence-corrected chi connectivity index (χ2v) is 6.70. The van der Waals surface area contributed by atoms with E-state index in [-0.39, 0.29) is 11.3 Å². The monoisotopic (exact) mass is 351 g/mol. The van der Waals surface area contributed by atoms with Crippen molar-refractivity contribution in [3.05, 3.63) is 12.2 Å². The molecule has 0 aromatic heterocycles. The van der Waals surface area contributed by atoms with Gasteiger partial charge in [0, 0.05) is 25.0 Å². The van der Waals surface area contributed by atoms with Crippen molar-refractivity contribution < 1.29 is 19.1 Å². The highest BCUT2D eigenvalue weighted by molar-refractivity contribution is 6.09.